The Morgan fingerprint density at radius 1 is 0.518 bits per heavy atom. The van der Waals surface area contributed by atoms with Gasteiger partial charge < -0.3 is 144 Å². The third-order valence-corrected chi connectivity index (χ3v) is 22.3. The molecule has 18 N–H and O–H groups in total. The van der Waals surface area contributed by atoms with Crippen molar-refractivity contribution in [3.05, 3.63) is 0 Å². The fourth-order valence-corrected chi connectivity index (χ4v) is 17.8. The van der Waals surface area contributed by atoms with Gasteiger partial charge in [-0.3, -0.25) is 0 Å². The summed E-state index contributed by atoms with van der Waals surface area (Å²) in [6, 6.07) is -0.338. The van der Waals surface area contributed by atoms with Crippen molar-refractivity contribution in [2.45, 2.75) is 250 Å². The van der Waals surface area contributed by atoms with Gasteiger partial charge in [0.05, 0.1) is 57.9 Å². The molecule has 0 radical (unpaired) electrons. The predicted molar refractivity (Wildman–Crippen MR) is 280 cm³/mol. The van der Waals surface area contributed by atoms with Crippen molar-refractivity contribution in [1.29, 1.82) is 0 Å². The Balaban J connectivity index is 0.731. The third-order valence-electron chi connectivity index (χ3n) is 22.3. The molecule has 85 heavy (non-hydrogen) atoms. The Morgan fingerprint density at radius 2 is 1.08 bits per heavy atom. The van der Waals surface area contributed by atoms with Gasteiger partial charge in [0.15, 0.2) is 37.2 Å². The first-order valence-electron chi connectivity index (χ1n) is 30.6. The number of hydrogen-bond acceptors (Lipinski definition) is 29. The summed E-state index contributed by atoms with van der Waals surface area (Å²) >= 11 is 0. The lowest BCUT2D eigenvalue weighted by molar-refractivity contribution is -0.404. The molecule has 29 nitrogen and oxygen atoms in total. The van der Waals surface area contributed by atoms with E-state index >= 15 is 0 Å². The van der Waals surface area contributed by atoms with Gasteiger partial charge in [-0.1, -0.05) is 20.8 Å². The smallest absolute Gasteiger partial charge is 0.187 e. The van der Waals surface area contributed by atoms with Crippen LogP contribution in [0.3, 0.4) is 0 Å². The zero-order chi connectivity index (χ0) is 60.9. The fourth-order valence-electron chi connectivity index (χ4n) is 17.8. The molecule has 11 fully saturated rings. The molecule has 0 aromatic rings. The quantitative estimate of drug-likeness (QED) is 0.0678. The Hall–Kier alpha value is -1.16. The van der Waals surface area contributed by atoms with E-state index in [1.165, 1.54) is 0 Å². The van der Waals surface area contributed by atoms with Crippen LogP contribution in [-0.2, 0) is 52.1 Å². The van der Waals surface area contributed by atoms with Crippen LogP contribution in [0.1, 0.15) is 78.6 Å². The number of ether oxygens (including phenoxy) is 11. The average molecular weight is 1230 g/mol. The van der Waals surface area contributed by atoms with E-state index in [-0.39, 0.29) is 59.7 Å². The summed E-state index contributed by atoms with van der Waals surface area (Å²) in [6.45, 7) is 3.90. The Labute approximate surface area is 491 Å². The third kappa shape index (κ3) is 11.7. The lowest BCUT2D eigenvalue weighted by Gasteiger charge is -2.62. The van der Waals surface area contributed by atoms with Gasteiger partial charge in [0, 0.05) is 18.9 Å². The van der Waals surface area contributed by atoms with E-state index in [4.69, 9.17) is 52.1 Å². The highest BCUT2D eigenvalue weighted by Crippen LogP contribution is 2.70. The van der Waals surface area contributed by atoms with Crippen molar-refractivity contribution in [2.75, 3.05) is 46.2 Å². The summed E-state index contributed by atoms with van der Waals surface area (Å²) < 4.78 is 66.3. The number of aliphatic hydroxyl groups is 17. The molecule has 11 rings (SSSR count). The van der Waals surface area contributed by atoms with Crippen LogP contribution in [0, 0.1) is 52.3 Å². The van der Waals surface area contributed by atoms with E-state index in [0.717, 1.165) is 38.5 Å². The molecule has 0 aromatic carbocycles. The Kier molecular flexibility index (Phi) is 19.8. The summed E-state index contributed by atoms with van der Waals surface area (Å²) in [4.78, 5) is 0. The highest BCUT2D eigenvalue weighted by atomic mass is 16.8. The molecule has 7 heterocycles. The van der Waals surface area contributed by atoms with Gasteiger partial charge in [-0.05, 0) is 97.7 Å². The number of rotatable bonds is 15. The van der Waals surface area contributed by atoms with Crippen LogP contribution < -0.4 is 5.32 Å². The molecule has 1 unspecified atom stereocenters. The zero-order valence-electron chi connectivity index (χ0n) is 48.0. The molecular weight excluding hydrogens is 1130 g/mol. The lowest BCUT2D eigenvalue weighted by Crippen LogP contribution is -2.69. The van der Waals surface area contributed by atoms with Crippen LogP contribution in [0.2, 0.25) is 0 Å². The lowest BCUT2D eigenvalue weighted by atomic mass is 9.44. The summed E-state index contributed by atoms with van der Waals surface area (Å²) in [7, 11) is 0. The molecule has 4 aliphatic carbocycles. The number of hydrogen-bond donors (Lipinski definition) is 18. The van der Waals surface area contributed by atoms with Gasteiger partial charge in [0.1, 0.15) is 116 Å². The van der Waals surface area contributed by atoms with Crippen molar-refractivity contribution >= 4 is 0 Å². The van der Waals surface area contributed by atoms with Crippen LogP contribution in [0.4, 0.5) is 0 Å². The van der Waals surface area contributed by atoms with Gasteiger partial charge >= 0.3 is 0 Å². The van der Waals surface area contributed by atoms with Gasteiger partial charge in [-0.15, -0.1) is 0 Å². The molecule has 490 valence electrons. The van der Waals surface area contributed by atoms with Gasteiger partial charge in [-0.2, -0.15) is 0 Å². The molecule has 29 heteroatoms. The van der Waals surface area contributed by atoms with Crippen molar-refractivity contribution in [2.24, 2.45) is 52.3 Å². The van der Waals surface area contributed by atoms with Crippen LogP contribution in [0.25, 0.3) is 0 Å². The van der Waals surface area contributed by atoms with Crippen molar-refractivity contribution in [1.82, 2.24) is 5.32 Å². The minimum atomic E-state index is -2.03. The topological polar surface area (TPSA) is 457 Å². The standard InChI is InChI=1S/C56H93NO28/c1-20-33-28(85-56(74)12-21(13-57-48(20)56)18-75-49-42(71)38(67)35(64)29(14-58)78-49)11-26-24-5-4-22-10-23(6-8-54(22,2)25(24)7-9-55(26,33)3)77-51-44(73)40(69)45(32(17-61)81-51)82-53-47(84-52-43(72)39(68)36(65)30(15-59)79-52)46(37(66)31(16-60)80-53)83-50-41(70)34(63)27(62)19-76-50/h20-53,57-74H,4-19H2,1-3H3/t20-,21-,22-,23-,24+,25-,26-,27+,28-,29+,30+,31+,32+,33?,34-,35+,36+,37+,38-,39-,40+,41+,42+,43+,44+,45-,46-,47+,48+,49+,50-,51+,52-,53-,54-,55-,56-/m0/s1. The van der Waals surface area contributed by atoms with E-state index in [9.17, 15) is 86.8 Å². The maximum Gasteiger partial charge on any atom is 0.187 e. The number of fused-ring (bicyclic) bond motifs is 8. The highest BCUT2D eigenvalue weighted by molar-refractivity contribution is 5.16. The summed E-state index contributed by atoms with van der Waals surface area (Å²) in [5.41, 5.74) is -0.0920. The molecule has 0 aromatic heterocycles. The normalized spacial score (nSPS) is 57.2. The summed E-state index contributed by atoms with van der Waals surface area (Å²) in [6.07, 6.45) is -34.2. The summed E-state index contributed by atoms with van der Waals surface area (Å²) in [5, 5.41) is 187. The highest BCUT2D eigenvalue weighted by Gasteiger charge is 2.68. The van der Waals surface area contributed by atoms with E-state index in [1.807, 2.05) is 0 Å². The van der Waals surface area contributed by atoms with Crippen LogP contribution in [0.15, 0.2) is 0 Å². The van der Waals surface area contributed by atoms with Crippen molar-refractivity contribution < 1.29 is 139 Å². The van der Waals surface area contributed by atoms with Crippen molar-refractivity contribution in [3.63, 3.8) is 0 Å². The molecular formula is C56H93NO28. The van der Waals surface area contributed by atoms with Crippen LogP contribution in [-0.4, -0.2) is 304 Å². The average Bonchev–Trinajstić information content (AvgIpc) is 1.68. The Bertz CT molecular complexity index is 2210. The van der Waals surface area contributed by atoms with E-state index in [2.05, 4.69) is 26.1 Å². The summed E-state index contributed by atoms with van der Waals surface area (Å²) in [5.74, 6) is -0.0727. The van der Waals surface area contributed by atoms with Gasteiger partial charge in [0.2, 0.25) is 0 Å². The number of piperidine rings is 1. The molecule has 0 amide bonds. The minimum Gasteiger partial charge on any atom is -0.394 e. The molecule has 0 bridgehead atoms. The Morgan fingerprint density at radius 3 is 1.76 bits per heavy atom. The number of nitrogens with one attached hydrogen (secondary N) is 1. The number of aliphatic hydroxyl groups excluding tert-OH is 16. The monoisotopic (exact) mass is 1230 g/mol. The van der Waals surface area contributed by atoms with Gasteiger partial charge in [-0.25, -0.2) is 0 Å². The first-order valence-corrected chi connectivity index (χ1v) is 30.6. The second-order valence-corrected chi connectivity index (χ2v) is 27.0. The second-order valence-electron chi connectivity index (χ2n) is 27.0. The SMILES string of the molecule is C[C@H]1C2[C@H](C[C@H]3[C@@H]4CC[C@H]5C[C@@H](O[C@@H]6O[C@H](CO)[C@H](O[C@@H]7O[C@H](CO)[C@@H](O)[C@H](O[C@@H]8OC[C@@H](O)[C@H](O)[C@H]8O)[C@H]7O[C@@H]7O[C@H](CO)[C@@H](O)[C@H](O)[C@H]7O)[C@H](O)[C@H]6O)CC[C@]5(C)[C@H]4CC[C@]23C)O[C@@]2(O)C[C@H](CO[C@@H]3O[C@H](CO)[C@@H](O)[C@H](O)[C@H]3O)CN[C@H]12. The zero-order valence-corrected chi connectivity index (χ0v) is 48.0. The molecule has 7 saturated heterocycles. The van der Waals surface area contributed by atoms with Crippen molar-refractivity contribution in [3.8, 4) is 0 Å². The first-order chi connectivity index (χ1) is 40.4. The predicted octanol–water partition coefficient (Wildman–Crippen LogP) is -6.93. The van der Waals surface area contributed by atoms with Crippen LogP contribution in [0.5, 0.6) is 0 Å². The van der Waals surface area contributed by atoms with Gasteiger partial charge in [0.25, 0.3) is 0 Å². The molecule has 37 atom stereocenters. The molecule has 0 spiro atoms. The van der Waals surface area contributed by atoms with E-state index in [1.54, 1.807) is 0 Å². The molecule has 11 aliphatic rings. The second kappa shape index (κ2) is 25.7. The van der Waals surface area contributed by atoms with E-state index in [0.29, 0.717) is 37.1 Å². The first kappa shape index (κ1) is 65.3. The van der Waals surface area contributed by atoms with E-state index < -0.39 is 192 Å². The maximum atomic E-state index is 12.4. The van der Waals surface area contributed by atoms with Crippen LogP contribution >= 0.6 is 0 Å². The molecule has 7 aliphatic heterocycles. The maximum absolute atomic E-state index is 12.4. The minimum absolute atomic E-state index is 0.0389. The fraction of sp³-hybridized carbons (Fsp3) is 1.00. The largest absolute Gasteiger partial charge is 0.394 e. The molecule has 4 saturated carbocycles.